The van der Waals surface area contributed by atoms with Crippen LogP contribution in [-0.4, -0.2) is 24.1 Å². The molecule has 98 valence electrons. The second-order valence-corrected chi connectivity index (χ2v) is 4.44. The maximum absolute atomic E-state index is 13.7. The van der Waals surface area contributed by atoms with E-state index in [1.807, 2.05) is 0 Å². The third-order valence-corrected chi connectivity index (χ3v) is 3.39. The van der Waals surface area contributed by atoms with E-state index in [9.17, 15) is 13.6 Å². The number of aliphatic carboxylic acids is 1. The van der Waals surface area contributed by atoms with E-state index >= 15 is 0 Å². The molecule has 0 fully saturated rings. The van der Waals surface area contributed by atoms with Gasteiger partial charge in [0.25, 0.3) is 0 Å². The molecule has 0 spiro atoms. The molecule has 1 aromatic carbocycles. The highest BCUT2D eigenvalue weighted by molar-refractivity contribution is 5.77. The van der Waals surface area contributed by atoms with Crippen molar-refractivity contribution in [3.8, 4) is 5.75 Å². The van der Waals surface area contributed by atoms with Gasteiger partial charge in [-0.05, 0) is 42.5 Å². The van der Waals surface area contributed by atoms with Gasteiger partial charge in [0, 0.05) is 0 Å². The molecule has 1 aliphatic carbocycles. The molecule has 1 atom stereocenters. The third kappa shape index (κ3) is 2.05. The van der Waals surface area contributed by atoms with Gasteiger partial charge in [0.1, 0.15) is 5.75 Å². The van der Waals surface area contributed by atoms with Crippen molar-refractivity contribution >= 4 is 5.97 Å². The molecule has 0 heterocycles. The lowest BCUT2D eigenvalue weighted by Crippen LogP contribution is -2.37. The summed E-state index contributed by atoms with van der Waals surface area (Å²) in [7, 11) is 1.51. The number of alkyl halides is 2. The number of carboxylic acid groups (broad SMARTS) is 1. The van der Waals surface area contributed by atoms with Crippen molar-refractivity contribution in [2.45, 2.75) is 31.1 Å². The summed E-state index contributed by atoms with van der Waals surface area (Å²) in [6.07, 6.45) is 1.44. The highest BCUT2D eigenvalue weighted by Gasteiger charge is 2.49. The summed E-state index contributed by atoms with van der Waals surface area (Å²) in [6, 6.07) is 4.85. The fourth-order valence-corrected chi connectivity index (χ4v) is 2.44. The van der Waals surface area contributed by atoms with E-state index in [0.717, 1.165) is 5.56 Å². The molecule has 1 aromatic rings. The number of ether oxygens (including phenoxy) is 1. The quantitative estimate of drug-likeness (QED) is 0.904. The molecule has 0 aromatic heterocycles. The second kappa shape index (κ2) is 4.55. The molecule has 0 saturated heterocycles. The van der Waals surface area contributed by atoms with Crippen molar-refractivity contribution in [3.63, 3.8) is 0 Å². The molecule has 0 saturated carbocycles. The van der Waals surface area contributed by atoms with Crippen molar-refractivity contribution in [3.05, 3.63) is 29.3 Å². The van der Waals surface area contributed by atoms with Crippen LogP contribution in [0.4, 0.5) is 8.78 Å². The monoisotopic (exact) mass is 256 g/mol. The lowest BCUT2D eigenvalue weighted by atomic mass is 9.79. The molecule has 0 aliphatic heterocycles. The van der Waals surface area contributed by atoms with Gasteiger partial charge in [-0.15, -0.1) is 0 Å². The fourth-order valence-electron chi connectivity index (χ4n) is 2.44. The Balaban J connectivity index is 2.42. The number of methoxy groups -OCH3 is 1. The van der Waals surface area contributed by atoms with Gasteiger partial charge in [-0.3, -0.25) is 0 Å². The van der Waals surface area contributed by atoms with Gasteiger partial charge in [-0.25, -0.2) is 4.79 Å². The summed E-state index contributed by atoms with van der Waals surface area (Å²) >= 11 is 0. The Kier molecular flexibility index (Phi) is 3.24. The first kappa shape index (κ1) is 12.8. The van der Waals surface area contributed by atoms with Gasteiger partial charge in [0.05, 0.1) is 13.0 Å². The number of hydrogen-bond donors (Lipinski definition) is 1. The van der Waals surface area contributed by atoms with Gasteiger partial charge in [-0.1, -0.05) is 6.07 Å². The van der Waals surface area contributed by atoms with Gasteiger partial charge < -0.3 is 9.84 Å². The van der Waals surface area contributed by atoms with E-state index < -0.39 is 17.8 Å². The highest BCUT2D eigenvalue weighted by Crippen LogP contribution is 2.43. The molecule has 1 unspecified atom stereocenters. The van der Waals surface area contributed by atoms with E-state index in [0.29, 0.717) is 24.2 Å². The largest absolute Gasteiger partial charge is 0.497 e. The fraction of sp³-hybridized carbons (Fsp3) is 0.462. The summed E-state index contributed by atoms with van der Waals surface area (Å²) in [4.78, 5) is 10.7. The van der Waals surface area contributed by atoms with Crippen LogP contribution in [0.1, 0.15) is 29.9 Å². The van der Waals surface area contributed by atoms with E-state index in [-0.39, 0.29) is 6.42 Å². The summed E-state index contributed by atoms with van der Waals surface area (Å²) in [5.74, 6) is -6.42. The Hall–Kier alpha value is -1.65. The number of carboxylic acids is 1. The second-order valence-electron chi connectivity index (χ2n) is 4.44. The Morgan fingerprint density at radius 1 is 1.50 bits per heavy atom. The van der Waals surface area contributed by atoms with Gasteiger partial charge in [0.2, 0.25) is 0 Å². The first-order chi connectivity index (χ1) is 8.46. The van der Waals surface area contributed by atoms with Crippen LogP contribution in [0, 0.1) is 0 Å². The van der Waals surface area contributed by atoms with Crippen LogP contribution in [0.15, 0.2) is 18.2 Å². The minimum absolute atomic E-state index is 0.193. The number of rotatable bonds is 3. The van der Waals surface area contributed by atoms with Crippen LogP contribution in [0.5, 0.6) is 5.75 Å². The Labute approximate surface area is 103 Å². The topological polar surface area (TPSA) is 46.5 Å². The molecule has 1 aliphatic rings. The van der Waals surface area contributed by atoms with Crippen LogP contribution >= 0.6 is 0 Å². The van der Waals surface area contributed by atoms with Crippen LogP contribution in [0.3, 0.4) is 0 Å². The minimum Gasteiger partial charge on any atom is -0.497 e. The predicted octanol–water partition coefficient (Wildman–Crippen LogP) is 2.84. The van der Waals surface area contributed by atoms with Crippen LogP contribution < -0.4 is 4.74 Å². The normalized spacial score (nSPS) is 19.2. The first-order valence-electron chi connectivity index (χ1n) is 5.75. The van der Waals surface area contributed by atoms with Gasteiger partial charge in [-0.2, -0.15) is 8.78 Å². The van der Waals surface area contributed by atoms with Gasteiger partial charge in [0.15, 0.2) is 0 Å². The van der Waals surface area contributed by atoms with E-state index in [1.165, 1.54) is 7.11 Å². The van der Waals surface area contributed by atoms with Crippen LogP contribution in [-0.2, 0) is 11.2 Å². The third-order valence-electron chi connectivity index (χ3n) is 3.39. The maximum atomic E-state index is 13.7. The summed E-state index contributed by atoms with van der Waals surface area (Å²) in [5, 5.41) is 8.65. The lowest BCUT2D eigenvalue weighted by Gasteiger charge is -2.29. The van der Waals surface area contributed by atoms with E-state index in [2.05, 4.69) is 0 Å². The van der Waals surface area contributed by atoms with E-state index in [4.69, 9.17) is 9.84 Å². The summed E-state index contributed by atoms with van der Waals surface area (Å²) < 4.78 is 32.4. The molecule has 3 nitrogen and oxygen atoms in total. The van der Waals surface area contributed by atoms with Crippen molar-refractivity contribution in [2.75, 3.05) is 7.11 Å². The number of benzene rings is 1. The average molecular weight is 256 g/mol. The average Bonchev–Trinajstić information content (AvgIpc) is 2.37. The zero-order chi connectivity index (χ0) is 13.3. The van der Waals surface area contributed by atoms with Crippen molar-refractivity contribution in [1.29, 1.82) is 0 Å². The number of halogens is 2. The summed E-state index contributed by atoms with van der Waals surface area (Å²) in [6.45, 7) is 0. The standard InChI is InChI=1S/C13H14F2O3/c1-18-9-5-6-10-8(7-9)3-2-4-11(10)13(14,15)12(16)17/h5-7,11H,2-4H2,1H3,(H,16,17). The van der Waals surface area contributed by atoms with Crippen LogP contribution in [0.2, 0.25) is 0 Å². The molecule has 2 rings (SSSR count). The van der Waals surface area contributed by atoms with Gasteiger partial charge >= 0.3 is 11.9 Å². The van der Waals surface area contributed by atoms with Crippen LogP contribution in [0.25, 0.3) is 0 Å². The Morgan fingerprint density at radius 2 is 2.22 bits per heavy atom. The zero-order valence-electron chi connectivity index (χ0n) is 9.95. The highest BCUT2D eigenvalue weighted by atomic mass is 19.3. The Morgan fingerprint density at radius 3 is 2.83 bits per heavy atom. The van der Waals surface area contributed by atoms with Crippen molar-refractivity contribution < 1.29 is 23.4 Å². The summed E-state index contributed by atoms with van der Waals surface area (Å²) in [5.41, 5.74) is 1.18. The molecule has 5 heteroatoms. The Bertz CT molecular complexity index is 471. The first-order valence-corrected chi connectivity index (χ1v) is 5.75. The predicted molar refractivity (Wildman–Crippen MR) is 61.3 cm³/mol. The molecule has 0 amide bonds. The molecule has 1 N–H and O–H groups in total. The van der Waals surface area contributed by atoms with E-state index in [1.54, 1.807) is 18.2 Å². The maximum Gasteiger partial charge on any atom is 0.375 e. The molecule has 0 bridgehead atoms. The molecule has 0 radical (unpaired) electrons. The molecular weight excluding hydrogens is 242 g/mol. The lowest BCUT2D eigenvalue weighted by molar-refractivity contribution is -0.169. The van der Waals surface area contributed by atoms with Crippen molar-refractivity contribution in [2.24, 2.45) is 0 Å². The number of hydrogen-bond acceptors (Lipinski definition) is 2. The molecular formula is C13H14F2O3. The zero-order valence-corrected chi connectivity index (χ0v) is 9.95. The molecule has 18 heavy (non-hydrogen) atoms. The SMILES string of the molecule is COc1ccc2c(c1)CCCC2C(F)(F)C(=O)O. The number of fused-ring (bicyclic) bond motifs is 1. The van der Waals surface area contributed by atoms with Crippen molar-refractivity contribution in [1.82, 2.24) is 0 Å². The smallest absolute Gasteiger partial charge is 0.375 e. The number of aryl methyl sites for hydroxylation is 1. The number of carbonyl (C=O) groups is 1. The minimum atomic E-state index is -3.72.